The maximum absolute atomic E-state index is 12.0. The lowest BCUT2D eigenvalue weighted by Gasteiger charge is -2.09. The first-order valence-electron chi connectivity index (χ1n) is 7.37. The Labute approximate surface area is 138 Å². The van der Waals surface area contributed by atoms with Crippen molar-refractivity contribution in [1.82, 2.24) is 0 Å². The van der Waals surface area contributed by atoms with Crippen molar-refractivity contribution >= 4 is 28.9 Å². The number of amides is 1. The van der Waals surface area contributed by atoms with Crippen molar-refractivity contribution in [3.05, 3.63) is 45.6 Å². The molecule has 23 heavy (non-hydrogen) atoms. The van der Waals surface area contributed by atoms with E-state index in [-0.39, 0.29) is 12.5 Å². The number of thiophene rings is 1. The van der Waals surface area contributed by atoms with E-state index < -0.39 is 5.97 Å². The first-order chi connectivity index (χ1) is 11.2. The second-order valence-electron chi connectivity index (χ2n) is 5.28. The molecule has 1 heterocycles. The van der Waals surface area contributed by atoms with Crippen LogP contribution in [0.25, 0.3) is 0 Å². The van der Waals surface area contributed by atoms with Crippen LogP contribution in [0.2, 0.25) is 0 Å². The molecular formula is C17H17NO4S. The van der Waals surface area contributed by atoms with Crippen LogP contribution in [-0.4, -0.2) is 25.6 Å². The largest absolute Gasteiger partial charge is 0.484 e. The molecule has 120 valence electrons. The zero-order chi connectivity index (χ0) is 16.2. The number of nitrogens with one attached hydrogen (secondary N) is 1. The van der Waals surface area contributed by atoms with Crippen molar-refractivity contribution in [3.8, 4) is 5.75 Å². The Balaban J connectivity index is 1.58. The molecule has 0 fully saturated rings. The Kier molecular flexibility index (Phi) is 4.62. The van der Waals surface area contributed by atoms with Gasteiger partial charge in [0.15, 0.2) is 6.61 Å². The van der Waals surface area contributed by atoms with Gasteiger partial charge in [-0.1, -0.05) is 6.07 Å². The monoisotopic (exact) mass is 331 g/mol. The molecule has 0 unspecified atom stereocenters. The molecule has 0 saturated heterocycles. The number of carbonyl (C=O) groups excluding carboxylic acids is 2. The van der Waals surface area contributed by atoms with Crippen LogP contribution in [0.3, 0.4) is 0 Å². The first-order valence-corrected chi connectivity index (χ1v) is 8.25. The summed E-state index contributed by atoms with van der Waals surface area (Å²) in [4.78, 5) is 23.9. The van der Waals surface area contributed by atoms with Gasteiger partial charge in [-0.05, 0) is 54.0 Å². The molecule has 1 aliphatic rings. The second-order valence-corrected chi connectivity index (χ2v) is 6.19. The van der Waals surface area contributed by atoms with Gasteiger partial charge in [-0.2, -0.15) is 0 Å². The fourth-order valence-corrected chi connectivity index (χ4v) is 3.40. The van der Waals surface area contributed by atoms with Crippen LogP contribution in [0.5, 0.6) is 5.75 Å². The average Bonchev–Trinajstić information content (AvgIpc) is 3.20. The van der Waals surface area contributed by atoms with Crippen molar-refractivity contribution in [2.75, 3.05) is 19.0 Å². The molecule has 0 saturated carbocycles. The second kappa shape index (κ2) is 6.83. The molecule has 0 bridgehead atoms. The summed E-state index contributed by atoms with van der Waals surface area (Å²) in [5.74, 6) is -0.0804. The Morgan fingerprint density at radius 1 is 1.22 bits per heavy atom. The zero-order valence-electron chi connectivity index (χ0n) is 12.8. The van der Waals surface area contributed by atoms with Crippen molar-refractivity contribution < 1.29 is 19.1 Å². The van der Waals surface area contributed by atoms with Gasteiger partial charge < -0.3 is 14.8 Å². The average molecular weight is 331 g/mol. The Morgan fingerprint density at radius 2 is 2.04 bits per heavy atom. The van der Waals surface area contributed by atoms with E-state index >= 15 is 0 Å². The number of hydrogen-bond donors (Lipinski definition) is 1. The molecule has 0 atom stereocenters. The number of hydrogen-bond acceptors (Lipinski definition) is 5. The van der Waals surface area contributed by atoms with Crippen LogP contribution in [0, 0.1) is 0 Å². The highest BCUT2D eigenvalue weighted by atomic mass is 32.1. The van der Waals surface area contributed by atoms with Crippen molar-refractivity contribution in [2.24, 2.45) is 0 Å². The van der Waals surface area contributed by atoms with Gasteiger partial charge in [0.1, 0.15) is 10.6 Å². The van der Waals surface area contributed by atoms with E-state index in [0.29, 0.717) is 16.3 Å². The number of methoxy groups -OCH3 is 1. The first kappa shape index (κ1) is 15.6. The molecule has 0 spiro atoms. The molecule has 1 aliphatic carbocycles. The molecule has 1 aromatic heterocycles. The highest BCUT2D eigenvalue weighted by Gasteiger charge is 2.16. The molecule has 2 aromatic rings. The van der Waals surface area contributed by atoms with Crippen LogP contribution in [-0.2, 0) is 22.4 Å². The molecule has 3 rings (SSSR count). The minimum Gasteiger partial charge on any atom is -0.484 e. The third-order valence-electron chi connectivity index (χ3n) is 3.75. The van der Waals surface area contributed by atoms with E-state index in [1.54, 1.807) is 11.4 Å². The lowest BCUT2D eigenvalue weighted by atomic mass is 10.1. The maximum Gasteiger partial charge on any atom is 0.350 e. The number of rotatable bonds is 5. The smallest absolute Gasteiger partial charge is 0.350 e. The number of esters is 1. The normalized spacial score (nSPS) is 12.6. The molecule has 0 aliphatic heterocycles. The predicted molar refractivity (Wildman–Crippen MR) is 88.3 cm³/mol. The van der Waals surface area contributed by atoms with Crippen LogP contribution in [0.1, 0.15) is 27.2 Å². The Bertz CT molecular complexity index is 738. The molecular weight excluding hydrogens is 314 g/mol. The Morgan fingerprint density at radius 3 is 2.87 bits per heavy atom. The van der Waals surface area contributed by atoms with Crippen molar-refractivity contribution in [2.45, 2.75) is 19.3 Å². The van der Waals surface area contributed by atoms with Crippen molar-refractivity contribution in [3.63, 3.8) is 0 Å². The summed E-state index contributed by atoms with van der Waals surface area (Å²) in [6.45, 7) is -0.102. The van der Waals surface area contributed by atoms with Crippen LogP contribution >= 0.6 is 11.3 Å². The number of anilines is 1. The van der Waals surface area contributed by atoms with Gasteiger partial charge in [0.05, 0.1) is 12.8 Å². The van der Waals surface area contributed by atoms with Gasteiger partial charge in [0.25, 0.3) is 5.91 Å². The van der Waals surface area contributed by atoms with Crippen LogP contribution < -0.4 is 10.1 Å². The summed E-state index contributed by atoms with van der Waals surface area (Å²) < 4.78 is 10.2. The fourth-order valence-electron chi connectivity index (χ4n) is 2.63. The topological polar surface area (TPSA) is 64.6 Å². The van der Waals surface area contributed by atoms with Gasteiger partial charge in [0.2, 0.25) is 0 Å². The summed E-state index contributed by atoms with van der Waals surface area (Å²) in [5, 5.41) is 4.40. The van der Waals surface area contributed by atoms with Gasteiger partial charge in [0, 0.05) is 0 Å². The standard InChI is InChI=1S/C17H17NO4S/c1-21-17(20)16-14(7-8-23-16)18-15(19)10-22-13-6-5-11-3-2-4-12(11)9-13/h5-9H,2-4,10H2,1H3,(H,18,19). The maximum atomic E-state index is 12.0. The summed E-state index contributed by atoms with van der Waals surface area (Å²) in [6, 6.07) is 7.62. The molecule has 1 amide bonds. The summed E-state index contributed by atoms with van der Waals surface area (Å²) >= 11 is 1.22. The van der Waals surface area contributed by atoms with Gasteiger partial charge >= 0.3 is 5.97 Å². The number of aryl methyl sites for hydroxylation is 2. The minimum absolute atomic E-state index is 0.102. The summed E-state index contributed by atoms with van der Waals surface area (Å²) in [6.07, 6.45) is 3.36. The van der Waals surface area contributed by atoms with E-state index in [0.717, 1.165) is 12.8 Å². The number of benzene rings is 1. The molecule has 0 radical (unpaired) electrons. The summed E-state index contributed by atoms with van der Waals surface area (Å²) in [5.41, 5.74) is 3.11. The molecule has 6 heteroatoms. The van der Waals surface area contributed by atoms with E-state index in [1.807, 2.05) is 12.1 Å². The highest BCUT2D eigenvalue weighted by Crippen LogP contribution is 2.26. The summed E-state index contributed by atoms with van der Waals surface area (Å²) in [7, 11) is 1.31. The van der Waals surface area contributed by atoms with Gasteiger partial charge in [-0.3, -0.25) is 4.79 Å². The lowest BCUT2D eigenvalue weighted by molar-refractivity contribution is -0.118. The fraction of sp³-hybridized carbons (Fsp3) is 0.294. The molecule has 5 nitrogen and oxygen atoms in total. The Hall–Kier alpha value is -2.34. The van der Waals surface area contributed by atoms with E-state index in [9.17, 15) is 9.59 Å². The SMILES string of the molecule is COC(=O)c1sccc1NC(=O)COc1ccc2c(c1)CCC2. The van der Waals surface area contributed by atoms with Gasteiger partial charge in [-0.15, -0.1) is 11.3 Å². The predicted octanol–water partition coefficient (Wildman–Crippen LogP) is 3.04. The lowest BCUT2D eigenvalue weighted by Crippen LogP contribution is -2.21. The molecule has 1 aromatic carbocycles. The van der Waals surface area contributed by atoms with Crippen LogP contribution in [0.4, 0.5) is 5.69 Å². The van der Waals surface area contributed by atoms with E-state index in [2.05, 4.69) is 16.1 Å². The third-order valence-corrected chi connectivity index (χ3v) is 4.64. The minimum atomic E-state index is -0.463. The zero-order valence-corrected chi connectivity index (χ0v) is 13.6. The highest BCUT2D eigenvalue weighted by molar-refractivity contribution is 7.12. The van der Waals surface area contributed by atoms with E-state index in [1.165, 1.54) is 36.0 Å². The number of fused-ring (bicyclic) bond motifs is 1. The van der Waals surface area contributed by atoms with Crippen molar-refractivity contribution in [1.29, 1.82) is 0 Å². The number of ether oxygens (including phenoxy) is 2. The quantitative estimate of drug-likeness (QED) is 0.855. The molecule has 1 N–H and O–H groups in total. The number of carbonyl (C=O) groups is 2. The van der Waals surface area contributed by atoms with E-state index in [4.69, 9.17) is 4.74 Å². The van der Waals surface area contributed by atoms with Crippen LogP contribution in [0.15, 0.2) is 29.6 Å². The third kappa shape index (κ3) is 3.53. The van der Waals surface area contributed by atoms with Gasteiger partial charge in [-0.25, -0.2) is 4.79 Å².